The maximum Gasteiger partial charge on any atom is 0.210 e. The van der Waals surface area contributed by atoms with Crippen LogP contribution < -0.4 is 0 Å². The normalized spacial score (nSPS) is 22.2. The molecule has 90 valence electrons. The summed E-state index contributed by atoms with van der Waals surface area (Å²) in [6.45, 7) is 2.54. The van der Waals surface area contributed by atoms with Crippen LogP contribution in [-0.4, -0.2) is 47.9 Å². The fourth-order valence-corrected chi connectivity index (χ4v) is 2.38. The van der Waals surface area contributed by atoms with Crippen molar-refractivity contribution in [1.82, 2.24) is 14.8 Å². The Morgan fingerprint density at radius 1 is 1.53 bits per heavy atom. The Bertz CT molecular complexity index is 502. The van der Waals surface area contributed by atoms with Gasteiger partial charge in [0.2, 0.25) is 6.41 Å². The van der Waals surface area contributed by atoms with Gasteiger partial charge in [-0.1, -0.05) is 0 Å². The van der Waals surface area contributed by atoms with E-state index in [0.29, 0.717) is 0 Å². The molecule has 0 saturated carbocycles. The van der Waals surface area contributed by atoms with Crippen LogP contribution >= 0.6 is 0 Å². The molecule has 2 aromatic rings. The summed E-state index contributed by atoms with van der Waals surface area (Å²) in [5, 5.41) is 0. The average molecular weight is 233 g/mol. The van der Waals surface area contributed by atoms with E-state index in [1.165, 1.54) is 0 Å². The number of hydrogen-bond acceptors (Lipinski definition) is 3. The summed E-state index contributed by atoms with van der Waals surface area (Å²) in [6.07, 6.45) is 2.59. The van der Waals surface area contributed by atoms with Crippen LogP contribution in [0.15, 0.2) is 22.8 Å². The lowest BCUT2D eigenvalue weighted by Gasteiger charge is -2.37. The van der Waals surface area contributed by atoms with Crippen LogP contribution in [-0.2, 0) is 4.79 Å². The van der Waals surface area contributed by atoms with Gasteiger partial charge in [-0.05, 0) is 7.05 Å². The molecule has 17 heavy (non-hydrogen) atoms. The lowest BCUT2D eigenvalue weighted by molar-refractivity contribution is -0.122. The first kappa shape index (κ1) is 10.4. The van der Waals surface area contributed by atoms with Gasteiger partial charge in [0.25, 0.3) is 0 Å². The first-order valence-electron chi connectivity index (χ1n) is 5.73. The molecule has 5 heteroatoms. The van der Waals surface area contributed by atoms with Crippen LogP contribution in [0.5, 0.6) is 0 Å². The number of nitrogens with zero attached hydrogens (tertiary/aromatic N) is 2. The molecule has 1 saturated heterocycles. The molecule has 0 radical (unpaired) electrons. The van der Waals surface area contributed by atoms with Crippen LogP contribution in [0.25, 0.3) is 11.1 Å². The highest BCUT2D eigenvalue weighted by atomic mass is 16.3. The standard InChI is InChI=1S/C12H15N3O2/c1-14-3-4-15(8-16)11(7-14)10-6-12-9(13-10)2-5-17-12/h2,5-6,8,11,13H,3-4,7H2,1H3. The van der Waals surface area contributed by atoms with E-state index in [0.717, 1.165) is 42.8 Å². The van der Waals surface area contributed by atoms with Crippen LogP contribution in [0.1, 0.15) is 11.7 Å². The molecular weight excluding hydrogens is 218 g/mol. The zero-order valence-corrected chi connectivity index (χ0v) is 9.72. The van der Waals surface area contributed by atoms with E-state index < -0.39 is 0 Å². The number of hydrogen-bond donors (Lipinski definition) is 1. The Labute approximate surface area is 99.0 Å². The lowest BCUT2D eigenvalue weighted by atomic mass is 10.1. The Morgan fingerprint density at radius 3 is 3.18 bits per heavy atom. The second kappa shape index (κ2) is 3.92. The number of rotatable bonds is 2. The Morgan fingerprint density at radius 2 is 2.41 bits per heavy atom. The number of fused-ring (bicyclic) bond motifs is 1. The van der Waals surface area contributed by atoms with Crippen molar-refractivity contribution in [1.29, 1.82) is 0 Å². The van der Waals surface area contributed by atoms with Crippen molar-refractivity contribution in [3.63, 3.8) is 0 Å². The van der Waals surface area contributed by atoms with Crippen molar-refractivity contribution in [2.75, 3.05) is 26.7 Å². The molecule has 1 atom stereocenters. The highest BCUT2D eigenvalue weighted by Gasteiger charge is 2.27. The van der Waals surface area contributed by atoms with Crippen molar-refractivity contribution in [2.24, 2.45) is 0 Å². The molecule has 1 fully saturated rings. The SMILES string of the molecule is CN1CCN(C=O)C(c2cc3occc3[nH]2)C1. The van der Waals surface area contributed by atoms with E-state index in [-0.39, 0.29) is 6.04 Å². The van der Waals surface area contributed by atoms with E-state index in [1.807, 2.05) is 17.0 Å². The number of carbonyl (C=O) groups excluding carboxylic acids is 1. The number of nitrogens with one attached hydrogen (secondary N) is 1. The van der Waals surface area contributed by atoms with E-state index in [2.05, 4.69) is 16.9 Å². The van der Waals surface area contributed by atoms with Crippen LogP contribution in [0.3, 0.4) is 0 Å². The number of likely N-dealkylation sites (N-methyl/N-ethyl adjacent to an activating group) is 1. The molecule has 0 aliphatic carbocycles. The molecule has 1 aliphatic rings. The summed E-state index contributed by atoms with van der Waals surface area (Å²) < 4.78 is 5.33. The summed E-state index contributed by atoms with van der Waals surface area (Å²) in [5.41, 5.74) is 2.87. The van der Waals surface area contributed by atoms with E-state index >= 15 is 0 Å². The molecule has 1 amide bonds. The number of furan rings is 1. The molecule has 1 aliphatic heterocycles. The quantitative estimate of drug-likeness (QED) is 0.793. The van der Waals surface area contributed by atoms with Gasteiger partial charge in [0.05, 0.1) is 17.8 Å². The fourth-order valence-electron chi connectivity index (χ4n) is 2.38. The fraction of sp³-hybridized carbons (Fsp3) is 0.417. The minimum atomic E-state index is 0.0915. The molecular formula is C12H15N3O2. The molecule has 0 bridgehead atoms. The summed E-state index contributed by atoms with van der Waals surface area (Å²) in [6, 6.07) is 3.97. The zero-order valence-electron chi connectivity index (χ0n) is 9.72. The molecule has 1 N–H and O–H groups in total. The van der Waals surface area contributed by atoms with Gasteiger partial charge in [-0.3, -0.25) is 4.79 Å². The Balaban J connectivity index is 1.94. The summed E-state index contributed by atoms with van der Waals surface area (Å²) in [4.78, 5) is 18.5. The molecule has 0 spiro atoms. The number of aromatic amines is 1. The molecule has 3 rings (SSSR count). The van der Waals surface area contributed by atoms with Gasteiger partial charge in [-0.25, -0.2) is 0 Å². The predicted octanol–water partition coefficient (Wildman–Crippen LogP) is 1.21. The minimum Gasteiger partial charge on any atom is -0.463 e. The van der Waals surface area contributed by atoms with Gasteiger partial charge in [0.1, 0.15) is 0 Å². The monoisotopic (exact) mass is 233 g/mol. The molecule has 3 heterocycles. The second-order valence-electron chi connectivity index (χ2n) is 4.54. The molecule has 1 unspecified atom stereocenters. The Kier molecular flexibility index (Phi) is 2.40. The third-order valence-corrected chi connectivity index (χ3v) is 3.38. The third kappa shape index (κ3) is 1.72. The maximum absolute atomic E-state index is 11.1. The van der Waals surface area contributed by atoms with Crippen LogP contribution in [0.2, 0.25) is 0 Å². The third-order valence-electron chi connectivity index (χ3n) is 3.38. The number of aromatic nitrogens is 1. The summed E-state index contributed by atoms with van der Waals surface area (Å²) in [7, 11) is 2.07. The molecule has 5 nitrogen and oxygen atoms in total. The van der Waals surface area contributed by atoms with Crippen molar-refractivity contribution in [3.05, 3.63) is 24.1 Å². The summed E-state index contributed by atoms with van der Waals surface area (Å²) >= 11 is 0. The number of amides is 1. The van der Waals surface area contributed by atoms with Gasteiger partial charge in [-0.15, -0.1) is 0 Å². The van der Waals surface area contributed by atoms with Crippen molar-refractivity contribution < 1.29 is 9.21 Å². The lowest BCUT2D eigenvalue weighted by Crippen LogP contribution is -2.46. The van der Waals surface area contributed by atoms with Crippen molar-refractivity contribution in [2.45, 2.75) is 6.04 Å². The number of piperazine rings is 1. The van der Waals surface area contributed by atoms with Crippen molar-refractivity contribution >= 4 is 17.5 Å². The smallest absolute Gasteiger partial charge is 0.210 e. The van der Waals surface area contributed by atoms with E-state index in [9.17, 15) is 4.79 Å². The zero-order chi connectivity index (χ0) is 11.8. The maximum atomic E-state index is 11.1. The van der Waals surface area contributed by atoms with Gasteiger partial charge in [-0.2, -0.15) is 0 Å². The van der Waals surface area contributed by atoms with Gasteiger partial charge in [0.15, 0.2) is 5.58 Å². The van der Waals surface area contributed by atoms with Crippen LogP contribution in [0.4, 0.5) is 0 Å². The van der Waals surface area contributed by atoms with Gasteiger partial charge in [0, 0.05) is 37.5 Å². The van der Waals surface area contributed by atoms with Crippen LogP contribution in [0, 0.1) is 0 Å². The first-order chi connectivity index (χ1) is 8.28. The topological polar surface area (TPSA) is 52.5 Å². The number of H-pyrrole nitrogens is 1. The minimum absolute atomic E-state index is 0.0915. The first-order valence-corrected chi connectivity index (χ1v) is 5.73. The Hall–Kier alpha value is -1.75. The summed E-state index contributed by atoms with van der Waals surface area (Å²) in [5.74, 6) is 0. The van der Waals surface area contributed by atoms with Gasteiger partial charge < -0.3 is 19.2 Å². The molecule has 0 aromatic carbocycles. The molecule has 2 aromatic heterocycles. The van der Waals surface area contributed by atoms with Gasteiger partial charge >= 0.3 is 0 Å². The number of carbonyl (C=O) groups is 1. The predicted molar refractivity (Wildman–Crippen MR) is 63.6 cm³/mol. The van der Waals surface area contributed by atoms with E-state index in [4.69, 9.17) is 4.42 Å². The highest BCUT2D eigenvalue weighted by Crippen LogP contribution is 2.26. The highest BCUT2D eigenvalue weighted by molar-refractivity contribution is 5.74. The van der Waals surface area contributed by atoms with E-state index in [1.54, 1.807) is 6.26 Å². The largest absolute Gasteiger partial charge is 0.463 e. The second-order valence-corrected chi connectivity index (χ2v) is 4.54. The average Bonchev–Trinajstić information content (AvgIpc) is 2.88. The van der Waals surface area contributed by atoms with Crippen molar-refractivity contribution in [3.8, 4) is 0 Å².